The molecular formula is C19H18F3N3O3. The number of alkyl halides is 3. The van der Waals surface area contributed by atoms with Crippen LogP contribution in [0.15, 0.2) is 48.5 Å². The first-order chi connectivity index (χ1) is 13.4. The Morgan fingerprint density at radius 1 is 1.00 bits per heavy atom. The highest BCUT2D eigenvalue weighted by molar-refractivity contribution is 5.59. The van der Waals surface area contributed by atoms with E-state index in [1.807, 2.05) is 0 Å². The fourth-order valence-electron chi connectivity index (χ4n) is 2.48. The number of rotatable bonds is 7. The molecular weight excluding hydrogens is 375 g/mol. The van der Waals surface area contributed by atoms with Gasteiger partial charge >= 0.3 is 6.18 Å². The summed E-state index contributed by atoms with van der Waals surface area (Å²) in [5.74, 6) is -0.0458. The number of hydrogen-bond acceptors (Lipinski definition) is 5. The van der Waals surface area contributed by atoms with Crippen LogP contribution < -0.4 is 9.47 Å². The Kier molecular flexibility index (Phi) is 5.84. The van der Waals surface area contributed by atoms with E-state index in [1.165, 1.54) is 7.11 Å². The maximum Gasteiger partial charge on any atom is 0.453 e. The van der Waals surface area contributed by atoms with Crippen molar-refractivity contribution >= 4 is 0 Å². The highest BCUT2D eigenvalue weighted by atomic mass is 19.4. The van der Waals surface area contributed by atoms with E-state index in [2.05, 4.69) is 10.1 Å². The van der Waals surface area contributed by atoms with E-state index in [9.17, 15) is 13.2 Å². The van der Waals surface area contributed by atoms with Gasteiger partial charge in [0.2, 0.25) is 0 Å². The average molecular weight is 393 g/mol. The van der Waals surface area contributed by atoms with Gasteiger partial charge < -0.3 is 14.6 Å². The van der Waals surface area contributed by atoms with Crippen LogP contribution in [0.4, 0.5) is 13.2 Å². The molecule has 0 aliphatic heterocycles. The Labute approximate surface area is 159 Å². The average Bonchev–Trinajstić information content (AvgIpc) is 3.15. The second-order valence-corrected chi connectivity index (χ2v) is 5.82. The molecule has 0 radical (unpaired) electrons. The van der Waals surface area contributed by atoms with Crippen molar-refractivity contribution in [1.29, 1.82) is 0 Å². The monoisotopic (exact) mass is 393 g/mol. The summed E-state index contributed by atoms with van der Waals surface area (Å²) < 4.78 is 51.2. The first-order valence-corrected chi connectivity index (χ1v) is 8.45. The van der Waals surface area contributed by atoms with Crippen molar-refractivity contribution < 1.29 is 27.8 Å². The second-order valence-electron chi connectivity index (χ2n) is 5.82. The summed E-state index contributed by atoms with van der Waals surface area (Å²) >= 11 is 0. The predicted octanol–water partition coefficient (Wildman–Crippen LogP) is 3.72. The maximum absolute atomic E-state index is 13.2. The lowest BCUT2D eigenvalue weighted by Gasteiger charge is -2.08. The smallest absolute Gasteiger partial charge is 0.453 e. The molecule has 1 heterocycles. The molecule has 3 aromatic rings. The van der Waals surface area contributed by atoms with E-state index < -0.39 is 12.0 Å². The van der Waals surface area contributed by atoms with Gasteiger partial charge in [-0.3, -0.25) is 0 Å². The number of aromatic nitrogens is 3. The van der Waals surface area contributed by atoms with Crippen LogP contribution >= 0.6 is 0 Å². The van der Waals surface area contributed by atoms with Gasteiger partial charge in [0.1, 0.15) is 11.5 Å². The van der Waals surface area contributed by atoms with Gasteiger partial charge in [0.05, 0.1) is 19.4 Å². The molecule has 6 nitrogen and oxygen atoms in total. The van der Waals surface area contributed by atoms with E-state index in [0.29, 0.717) is 35.8 Å². The fraction of sp³-hybridized carbons (Fsp3) is 0.263. The lowest BCUT2D eigenvalue weighted by atomic mass is 10.2. The molecule has 0 saturated heterocycles. The van der Waals surface area contributed by atoms with Crippen LogP contribution in [0.2, 0.25) is 0 Å². The summed E-state index contributed by atoms with van der Waals surface area (Å²) in [6.07, 6.45) is -4.18. The van der Waals surface area contributed by atoms with Gasteiger partial charge in [-0.25, -0.2) is 9.67 Å². The van der Waals surface area contributed by atoms with Gasteiger partial charge in [0.25, 0.3) is 5.82 Å². The Balaban J connectivity index is 1.97. The normalized spacial score (nSPS) is 11.5. The van der Waals surface area contributed by atoms with Crippen LogP contribution in [0.25, 0.3) is 17.1 Å². The molecule has 28 heavy (non-hydrogen) atoms. The molecule has 1 N–H and O–H groups in total. The summed E-state index contributed by atoms with van der Waals surface area (Å²) in [4.78, 5) is 3.70. The molecule has 0 fully saturated rings. The number of halogens is 3. The minimum absolute atomic E-state index is 0.0171. The molecule has 0 spiro atoms. The number of ether oxygens (including phenoxy) is 2. The van der Waals surface area contributed by atoms with E-state index in [-0.39, 0.29) is 12.4 Å². The molecule has 0 unspecified atom stereocenters. The molecule has 0 bridgehead atoms. The van der Waals surface area contributed by atoms with E-state index in [4.69, 9.17) is 14.6 Å². The van der Waals surface area contributed by atoms with Crippen LogP contribution in [0.5, 0.6) is 11.5 Å². The molecule has 0 saturated carbocycles. The minimum Gasteiger partial charge on any atom is -0.497 e. The summed E-state index contributed by atoms with van der Waals surface area (Å²) in [7, 11) is 1.50. The third kappa shape index (κ3) is 4.42. The van der Waals surface area contributed by atoms with E-state index >= 15 is 0 Å². The van der Waals surface area contributed by atoms with Gasteiger partial charge in [0, 0.05) is 18.6 Å². The van der Waals surface area contributed by atoms with Crippen LogP contribution in [-0.2, 0) is 6.18 Å². The standard InChI is InChI=1S/C19H18F3N3O3/c1-27-15-9-5-14(6-10-15)25-17(23-18(24-25)19(20,21)22)13-3-7-16(8-4-13)28-12-2-11-26/h3-10,26H,2,11-12H2,1H3. The number of aliphatic hydroxyl groups is 1. The van der Waals surface area contributed by atoms with Crippen molar-refractivity contribution in [3.63, 3.8) is 0 Å². The lowest BCUT2D eigenvalue weighted by molar-refractivity contribution is -0.144. The lowest BCUT2D eigenvalue weighted by Crippen LogP contribution is -2.08. The Morgan fingerprint density at radius 3 is 2.21 bits per heavy atom. The molecule has 1 aromatic heterocycles. The largest absolute Gasteiger partial charge is 0.497 e. The first-order valence-electron chi connectivity index (χ1n) is 8.45. The second kappa shape index (κ2) is 8.30. The molecule has 2 aromatic carbocycles. The zero-order valence-electron chi connectivity index (χ0n) is 15.0. The highest BCUT2D eigenvalue weighted by Gasteiger charge is 2.37. The molecule has 3 rings (SSSR count). The van der Waals surface area contributed by atoms with Crippen LogP contribution in [0, 0.1) is 0 Å². The number of nitrogens with zero attached hydrogens (tertiary/aromatic N) is 3. The molecule has 0 amide bonds. The van der Waals surface area contributed by atoms with Gasteiger partial charge in [-0.1, -0.05) is 0 Å². The Hall–Kier alpha value is -3.07. The third-order valence-electron chi connectivity index (χ3n) is 3.86. The Bertz CT molecular complexity index is 907. The van der Waals surface area contributed by atoms with Gasteiger partial charge in [-0.2, -0.15) is 13.2 Å². The SMILES string of the molecule is COc1ccc(-n2nc(C(F)(F)F)nc2-c2ccc(OCCCO)cc2)cc1. The van der Waals surface area contributed by atoms with Gasteiger partial charge in [-0.15, -0.1) is 5.10 Å². The molecule has 0 atom stereocenters. The van der Waals surface area contributed by atoms with E-state index in [0.717, 1.165) is 4.68 Å². The predicted molar refractivity (Wildman–Crippen MR) is 95.5 cm³/mol. The summed E-state index contributed by atoms with van der Waals surface area (Å²) in [5, 5.41) is 12.4. The number of hydrogen-bond donors (Lipinski definition) is 1. The van der Waals surface area contributed by atoms with Crippen LogP contribution in [0.1, 0.15) is 12.2 Å². The molecule has 0 aliphatic carbocycles. The van der Waals surface area contributed by atoms with Crippen molar-refractivity contribution in [2.45, 2.75) is 12.6 Å². The van der Waals surface area contributed by atoms with Crippen molar-refractivity contribution in [2.75, 3.05) is 20.3 Å². The highest BCUT2D eigenvalue weighted by Crippen LogP contribution is 2.31. The van der Waals surface area contributed by atoms with Crippen molar-refractivity contribution in [3.8, 4) is 28.6 Å². The topological polar surface area (TPSA) is 69.4 Å². The minimum atomic E-state index is -4.67. The number of benzene rings is 2. The van der Waals surface area contributed by atoms with Gasteiger partial charge in [0.15, 0.2) is 5.82 Å². The van der Waals surface area contributed by atoms with Crippen molar-refractivity contribution in [3.05, 3.63) is 54.4 Å². The van der Waals surface area contributed by atoms with Gasteiger partial charge in [-0.05, 0) is 48.5 Å². The zero-order chi connectivity index (χ0) is 20.1. The summed E-state index contributed by atoms with van der Waals surface area (Å²) in [6.45, 7) is 0.360. The quantitative estimate of drug-likeness (QED) is 0.620. The van der Waals surface area contributed by atoms with Crippen molar-refractivity contribution in [1.82, 2.24) is 14.8 Å². The number of aliphatic hydroxyl groups excluding tert-OH is 1. The van der Waals surface area contributed by atoms with Crippen LogP contribution in [0.3, 0.4) is 0 Å². The molecule has 9 heteroatoms. The first kappa shape index (κ1) is 19.7. The summed E-state index contributed by atoms with van der Waals surface area (Å²) in [5.41, 5.74) is 0.871. The Morgan fingerprint density at radius 2 is 1.64 bits per heavy atom. The van der Waals surface area contributed by atoms with Crippen LogP contribution in [-0.4, -0.2) is 40.2 Å². The third-order valence-corrected chi connectivity index (χ3v) is 3.86. The fourth-order valence-corrected chi connectivity index (χ4v) is 2.48. The molecule has 148 valence electrons. The maximum atomic E-state index is 13.2. The summed E-state index contributed by atoms with van der Waals surface area (Å²) in [6, 6.07) is 12.9. The zero-order valence-corrected chi connectivity index (χ0v) is 15.0. The van der Waals surface area contributed by atoms with E-state index in [1.54, 1.807) is 48.5 Å². The van der Waals surface area contributed by atoms with Crippen molar-refractivity contribution in [2.24, 2.45) is 0 Å². The molecule has 0 aliphatic rings. The number of methoxy groups -OCH3 is 1.